The second-order valence-electron chi connectivity index (χ2n) is 3.63. The molecule has 0 radical (unpaired) electrons. The molecule has 0 spiro atoms. The molecule has 4 heteroatoms. The minimum atomic E-state index is 0.0786. The van der Waals surface area contributed by atoms with Crippen LogP contribution >= 0.6 is 22.7 Å². The van der Waals surface area contributed by atoms with Crippen LogP contribution in [0.3, 0.4) is 0 Å². The highest BCUT2D eigenvalue weighted by atomic mass is 32.1. The van der Waals surface area contributed by atoms with E-state index in [0.29, 0.717) is 0 Å². The van der Waals surface area contributed by atoms with Gasteiger partial charge in [-0.2, -0.15) is 11.3 Å². The van der Waals surface area contributed by atoms with Crippen molar-refractivity contribution < 1.29 is 4.74 Å². The Hall–Kier alpha value is -0.840. The lowest BCUT2D eigenvalue weighted by Crippen LogP contribution is -2.10. The summed E-state index contributed by atoms with van der Waals surface area (Å²) in [5.74, 6) is 0.919. The van der Waals surface area contributed by atoms with Crippen LogP contribution in [0.1, 0.15) is 22.9 Å². The first-order valence-electron chi connectivity index (χ1n) is 5.19. The van der Waals surface area contributed by atoms with Crippen molar-refractivity contribution in [3.63, 3.8) is 0 Å². The third-order valence-electron chi connectivity index (χ3n) is 2.54. The van der Waals surface area contributed by atoms with Gasteiger partial charge in [0.15, 0.2) is 0 Å². The molecule has 2 nitrogen and oxygen atoms in total. The second-order valence-corrected chi connectivity index (χ2v) is 5.36. The highest BCUT2D eigenvalue weighted by Crippen LogP contribution is 2.31. The predicted octanol–water partition coefficient (Wildman–Crippen LogP) is 3.45. The van der Waals surface area contributed by atoms with Gasteiger partial charge < -0.3 is 10.5 Å². The highest BCUT2D eigenvalue weighted by Gasteiger charge is 2.13. The molecular weight excluding hydrogens is 238 g/mol. The molecule has 0 aromatic carbocycles. The van der Waals surface area contributed by atoms with E-state index in [1.807, 2.05) is 11.4 Å². The first-order chi connectivity index (χ1) is 7.81. The van der Waals surface area contributed by atoms with Gasteiger partial charge >= 0.3 is 0 Å². The standard InChI is InChI=1S/C12H15NOS2/c1-14-11-5-7-16-12(11)10(13)3-2-9-4-6-15-8-9/h4-8,10H,2-3,13H2,1H3. The van der Waals surface area contributed by atoms with Crippen LogP contribution in [0.25, 0.3) is 0 Å². The first-order valence-corrected chi connectivity index (χ1v) is 7.01. The van der Waals surface area contributed by atoms with Crippen molar-refractivity contribution in [1.82, 2.24) is 0 Å². The summed E-state index contributed by atoms with van der Waals surface area (Å²) in [5, 5.41) is 6.31. The highest BCUT2D eigenvalue weighted by molar-refractivity contribution is 7.10. The SMILES string of the molecule is COc1ccsc1C(N)CCc1ccsc1. The fourth-order valence-electron chi connectivity index (χ4n) is 1.64. The molecular formula is C12H15NOS2. The Balaban J connectivity index is 1.95. The third-order valence-corrected chi connectivity index (χ3v) is 4.30. The van der Waals surface area contributed by atoms with Crippen LogP contribution < -0.4 is 10.5 Å². The van der Waals surface area contributed by atoms with Crippen molar-refractivity contribution in [1.29, 1.82) is 0 Å². The maximum absolute atomic E-state index is 6.17. The Morgan fingerprint density at radius 1 is 1.38 bits per heavy atom. The van der Waals surface area contributed by atoms with Crippen LogP contribution in [0.5, 0.6) is 5.75 Å². The zero-order chi connectivity index (χ0) is 11.4. The molecule has 0 saturated heterocycles. The Morgan fingerprint density at radius 3 is 2.94 bits per heavy atom. The molecule has 0 bridgehead atoms. The Labute approximate surface area is 104 Å². The summed E-state index contributed by atoms with van der Waals surface area (Å²) in [5.41, 5.74) is 7.54. The largest absolute Gasteiger partial charge is 0.496 e. The number of ether oxygens (including phenoxy) is 1. The van der Waals surface area contributed by atoms with E-state index in [4.69, 9.17) is 10.5 Å². The average molecular weight is 253 g/mol. The van der Waals surface area contributed by atoms with E-state index >= 15 is 0 Å². The smallest absolute Gasteiger partial charge is 0.134 e. The molecule has 0 amide bonds. The van der Waals surface area contributed by atoms with Gasteiger partial charge in [0.2, 0.25) is 0 Å². The number of aryl methyl sites for hydroxylation is 1. The van der Waals surface area contributed by atoms with E-state index in [1.165, 1.54) is 5.56 Å². The molecule has 1 unspecified atom stereocenters. The van der Waals surface area contributed by atoms with Gasteiger partial charge in [0.05, 0.1) is 12.0 Å². The topological polar surface area (TPSA) is 35.2 Å². The molecule has 86 valence electrons. The quantitative estimate of drug-likeness (QED) is 0.885. The Bertz CT molecular complexity index is 422. The number of thiophene rings is 2. The maximum Gasteiger partial charge on any atom is 0.134 e. The summed E-state index contributed by atoms with van der Waals surface area (Å²) in [6.45, 7) is 0. The minimum Gasteiger partial charge on any atom is -0.496 e. The van der Waals surface area contributed by atoms with Crippen molar-refractivity contribution in [2.75, 3.05) is 7.11 Å². The number of nitrogens with two attached hydrogens (primary N) is 1. The molecule has 0 saturated carbocycles. The van der Waals surface area contributed by atoms with Crippen molar-refractivity contribution in [3.8, 4) is 5.75 Å². The number of methoxy groups -OCH3 is 1. The van der Waals surface area contributed by atoms with Gasteiger partial charge in [-0.3, -0.25) is 0 Å². The van der Waals surface area contributed by atoms with Gasteiger partial charge in [0, 0.05) is 6.04 Å². The fraction of sp³-hybridized carbons (Fsp3) is 0.333. The van der Waals surface area contributed by atoms with Crippen molar-refractivity contribution >= 4 is 22.7 Å². The van der Waals surface area contributed by atoms with Gasteiger partial charge in [-0.25, -0.2) is 0 Å². The first kappa shape index (κ1) is 11.6. The van der Waals surface area contributed by atoms with Crippen LogP contribution in [0.2, 0.25) is 0 Å². The molecule has 1 atom stereocenters. The molecule has 2 rings (SSSR count). The molecule has 0 aliphatic rings. The summed E-state index contributed by atoms with van der Waals surface area (Å²) >= 11 is 3.41. The monoisotopic (exact) mass is 253 g/mol. The summed E-state index contributed by atoms with van der Waals surface area (Å²) in [7, 11) is 1.69. The van der Waals surface area contributed by atoms with E-state index in [1.54, 1.807) is 29.8 Å². The van der Waals surface area contributed by atoms with Crippen LogP contribution in [-0.2, 0) is 6.42 Å². The zero-order valence-electron chi connectivity index (χ0n) is 9.18. The van der Waals surface area contributed by atoms with Gasteiger partial charge in [-0.15, -0.1) is 11.3 Å². The van der Waals surface area contributed by atoms with E-state index in [-0.39, 0.29) is 6.04 Å². The van der Waals surface area contributed by atoms with E-state index in [0.717, 1.165) is 23.5 Å². The van der Waals surface area contributed by atoms with Crippen LogP contribution in [0.15, 0.2) is 28.3 Å². The number of hydrogen-bond donors (Lipinski definition) is 1. The lowest BCUT2D eigenvalue weighted by molar-refractivity contribution is 0.408. The molecule has 0 aliphatic heterocycles. The molecule has 0 fully saturated rings. The van der Waals surface area contributed by atoms with E-state index < -0.39 is 0 Å². The van der Waals surface area contributed by atoms with E-state index in [2.05, 4.69) is 16.8 Å². The Morgan fingerprint density at radius 2 is 2.25 bits per heavy atom. The number of hydrogen-bond acceptors (Lipinski definition) is 4. The molecule has 2 aromatic heterocycles. The Kier molecular flexibility index (Phi) is 3.98. The van der Waals surface area contributed by atoms with E-state index in [9.17, 15) is 0 Å². The summed E-state index contributed by atoms with van der Waals surface area (Å²) < 4.78 is 5.28. The average Bonchev–Trinajstić information content (AvgIpc) is 2.96. The zero-order valence-corrected chi connectivity index (χ0v) is 10.8. The van der Waals surface area contributed by atoms with Gasteiger partial charge in [-0.1, -0.05) is 0 Å². The lowest BCUT2D eigenvalue weighted by atomic mass is 10.1. The lowest BCUT2D eigenvalue weighted by Gasteiger charge is -2.11. The van der Waals surface area contributed by atoms with Crippen LogP contribution in [-0.4, -0.2) is 7.11 Å². The molecule has 2 N–H and O–H groups in total. The normalized spacial score (nSPS) is 12.6. The van der Waals surface area contributed by atoms with Crippen molar-refractivity contribution in [2.45, 2.75) is 18.9 Å². The molecule has 16 heavy (non-hydrogen) atoms. The predicted molar refractivity (Wildman–Crippen MR) is 70.4 cm³/mol. The summed E-state index contributed by atoms with van der Waals surface area (Å²) in [6.07, 6.45) is 2.00. The fourth-order valence-corrected chi connectivity index (χ4v) is 3.24. The number of rotatable bonds is 5. The summed E-state index contributed by atoms with van der Waals surface area (Å²) in [6, 6.07) is 4.21. The minimum absolute atomic E-state index is 0.0786. The van der Waals surface area contributed by atoms with Gasteiger partial charge in [0.1, 0.15) is 5.75 Å². The summed E-state index contributed by atoms with van der Waals surface area (Å²) in [4.78, 5) is 1.15. The molecule has 0 aliphatic carbocycles. The van der Waals surface area contributed by atoms with Gasteiger partial charge in [-0.05, 0) is 46.7 Å². The van der Waals surface area contributed by atoms with Crippen molar-refractivity contribution in [2.24, 2.45) is 5.73 Å². The van der Waals surface area contributed by atoms with Crippen LogP contribution in [0, 0.1) is 0 Å². The second kappa shape index (κ2) is 5.48. The van der Waals surface area contributed by atoms with Crippen LogP contribution in [0.4, 0.5) is 0 Å². The molecule has 2 heterocycles. The molecule has 2 aromatic rings. The maximum atomic E-state index is 6.17. The third kappa shape index (κ3) is 2.64. The van der Waals surface area contributed by atoms with Crippen molar-refractivity contribution in [3.05, 3.63) is 38.7 Å². The van der Waals surface area contributed by atoms with Gasteiger partial charge in [0.25, 0.3) is 0 Å².